The predicted molar refractivity (Wildman–Crippen MR) is 186 cm³/mol. The van der Waals surface area contributed by atoms with Crippen LogP contribution in [0.5, 0.6) is 11.5 Å². The van der Waals surface area contributed by atoms with Crippen LogP contribution in [0.3, 0.4) is 0 Å². The van der Waals surface area contributed by atoms with Gasteiger partial charge >= 0.3 is 23.9 Å². The number of benzene rings is 3. The zero-order valence-electron chi connectivity index (χ0n) is 29.6. The summed E-state index contributed by atoms with van der Waals surface area (Å²) in [6.45, 7) is 8.22. The largest absolute Gasteiger partial charge is 0.463 e. The van der Waals surface area contributed by atoms with Crippen molar-refractivity contribution in [1.82, 2.24) is 0 Å². The second kappa shape index (κ2) is 16.1. The average Bonchev–Trinajstić information content (AvgIpc) is 3.46. The Balaban J connectivity index is 1.44. The lowest BCUT2D eigenvalue weighted by Gasteiger charge is -2.49. The highest BCUT2D eigenvalue weighted by Gasteiger charge is 2.72. The van der Waals surface area contributed by atoms with E-state index in [9.17, 15) is 19.2 Å². The van der Waals surface area contributed by atoms with E-state index in [0.717, 1.165) is 30.7 Å². The van der Waals surface area contributed by atoms with Crippen molar-refractivity contribution in [2.24, 2.45) is 5.16 Å². The third-order valence-electron chi connectivity index (χ3n) is 8.39. The number of rotatable bonds is 13. The molecule has 2 aliphatic heterocycles. The van der Waals surface area contributed by atoms with Crippen molar-refractivity contribution in [3.05, 3.63) is 94.0 Å². The van der Waals surface area contributed by atoms with Gasteiger partial charge in [-0.25, -0.2) is 0 Å². The van der Waals surface area contributed by atoms with E-state index in [2.05, 4.69) is 5.16 Å². The SMILES string of the molecule is CCO/N=C(/C)c1ccc(Oc2ccc(Cc3cc([C@]45OC[C@](COC(C)=O)(O4)[C@@H](OC(C)=O)[C@H](OC(C)=O)[C@H]5OC(C)=O)ccc3Cl)cc2)cc1. The van der Waals surface area contributed by atoms with Gasteiger partial charge in [0.15, 0.2) is 17.8 Å². The predicted octanol–water partition coefficient (Wildman–Crippen LogP) is 5.79. The molecule has 2 aliphatic rings. The molecule has 3 aromatic rings. The number of oxime groups is 1. The molecule has 2 saturated heterocycles. The molecule has 276 valence electrons. The first-order valence-corrected chi connectivity index (χ1v) is 16.9. The summed E-state index contributed by atoms with van der Waals surface area (Å²) in [5, 5.41) is 4.49. The Hall–Kier alpha value is -4.98. The molecule has 5 rings (SSSR count). The molecule has 0 spiro atoms. The van der Waals surface area contributed by atoms with Gasteiger partial charge in [-0.2, -0.15) is 0 Å². The molecule has 2 bridgehead atoms. The van der Waals surface area contributed by atoms with Gasteiger partial charge < -0.3 is 38.0 Å². The van der Waals surface area contributed by atoms with Crippen LogP contribution in [0.2, 0.25) is 5.02 Å². The number of esters is 4. The van der Waals surface area contributed by atoms with Gasteiger partial charge in [0.2, 0.25) is 11.9 Å². The Labute approximate surface area is 306 Å². The third-order valence-corrected chi connectivity index (χ3v) is 8.76. The number of fused-ring (bicyclic) bond motifs is 2. The zero-order chi connectivity index (χ0) is 37.6. The van der Waals surface area contributed by atoms with Gasteiger partial charge in [0.1, 0.15) is 24.7 Å². The first kappa shape index (κ1) is 38.3. The number of carbonyl (C=O) groups excluding carboxylic acids is 4. The Kier molecular flexibility index (Phi) is 11.9. The molecule has 0 amide bonds. The molecule has 0 N–H and O–H groups in total. The summed E-state index contributed by atoms with van der Waals surface area (Å²) in [6, 6.07) is 20.0. The van der Waals surface area contributed by atoms with Crippen molar-refractivity contribution in [2.75, 3.05) is 19.8 Å². The number of hydrogen-bond acceptors (Lipinski definition) is 13. The van der Waals surface area contributed by atoms with Gasteiger partial charge in [0, 0.05) is 38.3 Å². The molecular weight excluding hydrogens is 698 g/mol. The quantitative estimate of drug-likeness (QED) is 0.0902. The van der Waals surface area contributed by atoms with Crippen molar-refractivity contribution in [3.63, 3.8) is 0 Å². The topological polar surface area (TPSA) is 154 Å². The molecule has 3 aromatic carbocycles. The standard InChI is InChI=1S/C38H40ClNO12/c1-7-47-40-22(2)28-10-15-32(16-11-28)51-31-13-8-27(9-14-31)18-29-19-30(12-17-33(29)39)38-36(50-26(6)44)34(48-24(4)42)35(49-25(5)43)37(52-38,21-46-38)20-45-23(3)41/h8-17,19,34-36H,7,18,20-21H2,1-6H3/b40-22-/t34-,35-,36+,37-,38-/m0/s1. The highest BCUT2D eigenvalue weighted by Crippen LogP contribution is 2.53. The Morgan fingerprint density at radius 1 is 0.808 bits per heavy atom. The minimum absolute atomic E-state index is 0.281. The molecule has 13 nitrogen and oxygen atoms in total. The second-order valence-corrected chi connectivity index (χ2v) is 12.8. The van der Waals surface area contributed by atoms with Crippen LogP contribution in [0.15, 0.2) is 71.9 Å². The molecule has 0 aliphatic carbocycles. The van der Waals surface area contributed by atoms with E-state index in [-0.39, 0.29) is 6.61 Å². The molecule has 2 fully saturated rings. The highest BCUT2D eigenvalue weighted by molar-refractivity contribution is 6.31. The summed E-state index contributed by atoms with van der Waals surface area (Å²) in [5.74, 6) is -3.48. The number of hydrogen-bond donors (Lipinski definition) is 0. The van der Waals surface area contributed by atoms with Gasteiger partial charge in [-0.1, -0.05) is 35.0 Å². The molecular formula is C38H40ClNO12. The van der Waals surface area contributed by atoms with Crippen LogP contribution < -0.4 is 4.74 Å². The fourth-order valence-electron chi connectivity index (χ4n) is 6.16. The third kappa shape index (κ3) is 8.55. The summed E-state index contributed by atoms with van der Waals surface area (Å²) >= 11 is 6.70. The van der Waals surface area contributed by atoms with Gasteiger partial charge in [-0.3, -0.25) is 19.2 Å². The first-order chi connectivity index (χ1) is 24.7. The second-order valence-electron chi connectivity index (χ2n) is 12.4. The maximum absolute atomic E-state index is 12.5. The Morgan fingerprint density at radius 3 is 2.02 bits per heavy atom. The van der Waals surface area contributed by atoms with E-state index >= 15 is 0 Å². The van der Waals surface area contributed by atoms with Crippen LogP contribution in [-0.2, 0) is 64.6 Å². The lowest BCUT2D eigenvalue weighted by Crippen LogP contribution is -2.68. The van der Waals surface area contributed by atoms with Gasteiger partial charge in [0.05, 0.1) is 12.3 Å². The van der Waals surface area contributed by atoms with Crippen LogP contribution in [0.4, 0.5) is 0 Å². The Morgan fingerprint density at radius 2 is 1.42 bits per heavy atom. The normalized spacial score (nSPS) is 23.7. The lowest BCUT2D eigenvalue weighted by molar-refractivity contribution is -0.334. The zero-order valence-corrected chi connectivity index (χ0v) is 30.4. The molecule has 0 radical (unpaired) electrons. The van der Waals surface area contributed by atoms with Crippen LogP contribution in [0.25, 0.3) is 0 Å². The maximum Gasteiger partial charge on any atom is 0.303 e. The van der Waals surface area contributed by atoms with Crippen LogP contribution in [-0.4, -0.2) is 73.3 Å². The van der Waals surface area contributed by atoms with Crippen molar-refractivity contribution in [3.8, 4) is 11.5 Å². The summed E-state index contributed by atoms with van der Waals surface area (Å²) in [7, 11) is 0. The molecule has 14 heteroatoms. The Bertz CT molecular complexity index is 1830. The first-order valence-electron chi connectivity index (χ1n) is 16.6. The molecule has 0 saturated carbocycles. The fraction of sp³-hybridized carbons (Fsp3) is 0.395. The van der Waals surface area contributed by atoms with Crippen molar-refractivity contribution in [2.45, 2.75) is 77.7 Å². The number of nitrogens with zero attached hydrogens (tertiary/aromatic N) is 1. The van der Waals surface area contributed by atoms with E-state index in [1.54, 1.807) is 18.2 Å². The van der Waals surface area contributed by atoms with E-state index in [1.165, 1.54) is 13.8 Å². The van der Waals surface area contributed by atoms with E-state index in [0.29, 0.717) is 40.7 Å². The summed E-state index contributed by atoms with van der Waals surface area (Å²) in [5.41, 5.74) is 1.96. The minimum Gasteiger partial charge on any atom is -0.463 e. The van der Waals surface area contributed by atoms with Crippen LogP contribution in [0.1, 0.15) is 63.8 Å². The van der Waals surface area contributed by atoms with E-state index in [4.69, 9.17) is 49.6 Å². The van der Waals surface area contributed by atoms with Crippen molar-refractivity contribution >= 4 is 41.2 Å². The van der Waals surface area contributed by atoms with E-state index < -0.39 is 60.2 Å². The molecule has 2 heterocycles. The highest BCUT2D eigenvalue weighted by atomic mass is 35.5. The van der Waals surface area contributed by atoms with Gasteiger partial charge in [-0.05, 0) is 85.5 Å². The number of ether oxygens (including phenoxy) is 7. The smallest absolute Gasteiger partial charge is 0.303 e. The summed E-state index contributed by atoms with van der Waals surface area (Å²) < 4.78 is 41.3. The van der Waals surface area contributed by atoms with Crippen molar-refractivity contribution in [1.29, 1.82) is 0 Å². The fourth-order valence-corrected chi connectivity index (χ4v) is 6.34. The summed E-state index contributed by atoms with van der Waals surface area (Å²) in [4.78, 5) is 54.3. The monoisotopic (exact) mass is 737 g/mol. The summed E-state index contributed by atoms with van der Waals surface area (Å²) in [6.07, 6.45) is -3.87. The molecule has 5 atom stereocenters. The number of halogens is 1. The van der Waals surface area contributed by atoms with Gasteiger partial charge in [-0.15, -0.1) is 0 Å². The minimum atomic E-state index is -1.89. The molecule has 52 heavy (non-hydrogen) atoms. The molecule has 0 unspecified atom stereocenters. The van der Waals surface area contributed by atoms with Gasteiger partial charge in [0.25, 0.3) is 0 Å². The lowest BCUT2D eigenvalue weighted by atomic mass is 9.83. The van der Waals surface area contributed by atoms with Crippen LogP contribution >= 0.6 is 11.6 Å². The maximum atomic E-state index is 12.5. The van der Waals surface area contributed by atoms with E-state index in [1.807, 2.05) is 62.4 Å². The molecule has 0 aromatic heterocycles. The van der Waals surface area contributed by atoms with Crippen molar-refractivity contribution < 1.29 is 57.2 Å². The van der Waals surface area contributed by atoms with Crippen LogP contribution in [0, 0.1) is 0 Å². The number of carbonyl (C=O) groups is 4. The average molecular weight is 738 g/mol.